The molecule has 0 spiro atoms. The van der Waals surface area contributed by atoms with Crippen molar-refractivity contribution in [2.24, 2.45) is 5.73 Å². The first kappa shape index (κ1) is 16.4. The molecule has 0 aliphatic heterocycles. The third-order valence-electron chi connectivity index (χ3n) is 3.43. The molecule has 0 unspecified atom stereocenters. The van der Waals surface area contributed by atoms with Gasteiger partial charge in [-0.1, -0.05) is 61.7 Å². The van der Waals surface area contributed by atoms with Crippen LogP contribution in [0.5, 0.6) is 0 Å². The largest absolute Gasteiger partial charge is 0.397 e. The van der Waals surface area contributed by atoms with Gasteiger partial charge in [-0.25, -0.2) is 0 Å². The zero-order chi connectivity index (χ0) is 16.7. The second-order valence-corrected chi connectivity index (χ2v) is 5.31. The van der Waals surface area contributed by atoms with Gasteiger partial charge < -0.3 is 16.4 Å². The van der Waals surface area contributed by atoms with E-state index in [0.29, 0.717) is 17.2 Å². The number of hydrogen-bond acceptors (Lipinski definition) is 3. The fraction of sp³-hybridized carbons (Fsp3) is 0.100. The molecule has 0 aliphatic rings. The van der Waals surface area contributed by atoms with E-state index in [4.69, 9.17) is 5.73 Å². The molecule has 3 nitrogen and oxygen atoms in total. The molecular formula is C20H23N3. The molecule has 0 saturated carbocycles. The molecule has 4 N–H and O–H groups in total. The fourth-order valence-corrected chi connectivity index (χ4v) is 2.22. The second kappa shape index (κ2) is 7.90. The number of benzene rings is 2. The highest BCUT2D eigenvalue weighted by Crippen LogP contribution is 2.16. The van der Waals surface area contributed by atoms with Crippen molar-refractivity contribution in [3.8, 4) is 0 Å². The minimum absolute atomic E-state index is 0.603. The normalized spacial score (nSPS) is 10.9. The van der Waals surface area contributed by atoms with Crippen molar-refractivity contribution >= 4 is 5.69 Å². The predicted octanol–water partition coefficient (Wildman–Crippen LogP) is 4.13. The Labute approximate surface area is 138 Å². The van der Waals surface area contributed by atoms with E-state index in [2.05, 4.69) is 60.2 Å². The quantitative estimate of drug-likeness (QED) is 0.674. The summed E-state index contributed by atoms with van der Waals surface area (Å²) in [4.78, 5) is 0. The number of nitrogens with two attached hydrogens (primary N) is 1. The molecule has 0 radical (unpaired) electrons. The maximum atomic E-state index is 5.80. The molecule has 0 aliphatic carbocycles. The van der Waals surface area contributed by atoms with Gasteiger partial charge in [-0.15, -0.1) is 0 Å². The van der Waals surface area contributed by atoms with E-state index in [1.54, 1.807) is 6.08 Å². The van der Waals surface area contributed by atoms with Crippen molar-refractivity contribution in [2.75, 3.05) is 5.32 Å². The molecule has 0 aromatic heterocycles. The van der Waals surface area contributed by atoms with E-state index in [1.165, 1.54) is 11.1 Å². The van der Waals surface area contributed by atoms with Gasteiger partial charge in [-0.05, 0) is 36.6 Å². The lowest BCUT2D eigenvalue weighted by Gasteiger charge is -2.15. The number of rotatable bonds is 7. The molecule has 0 saturated heterocycles. The highest BCUT2D eigenvalue weighted by Gasteiger charge is 2.02. The zero-order valence-electron chi connectivity index (χ0n) is 13.5. The Morgan fingerprint density at radius 2 is 1.74 bits per heavy atom. The highest BCUT2D eigenvalue weighted by molar-refractivity contribution is 5.51. The maximum Gasteiger partial charge on any atom is 0.100 e. The minimum Gasteiger partial charge on any atom is -0.397 e. The molecule has 118 valence electrons. The van der Waals surface area contributed by atoms with E-state index in [9.17, 15) is 0 Å². The van der Waals surface area contributed by atoms with Crippen molar-refractivity contribution in [2.45, 2.75) is 13.3 Å². The zero-order valence-corrected chi connectivity index (χ0v) is 13.5. The Kier molecular flexibility index (Phi) is 5.64. The lowest BCUT2D eigenvalue weighted by Crippen LogP contribution is -2.21. The van der Waals surface area contributed by atoms with Gasteiger partial charge in [-0.2, -0.15) is 0 Å². The number of hydrogen-bond donors (Lipinski definition) is 3. The lowest BCUT2D eigenvalue weighted by atomic mass is 10.0. The smallest absolute Gasteiger partial charge is 0.100 e. The average Bonchev–Trinajstić information content (AvgIpc) is 2.55. The van der Waals surface area contributed by atoms with E-state index in [-0.39, 0.29) is 0 Å². The van der Waals surface area contributed by atoms with Gasteiger partial charge in [0, 0.05) is 5.69 Å². The molecule has 2 aromatic rings. The van der Waals surface area contributed by atoms with Crippen molar-refractivity contribution in [1.29, 1.82) is 0 Å². The summed E-state index contributed by atoms with van der Waals surface area (Å²) in [6.45, 7) is 9.70. The second-order valence-electron chi connectivity index (χ2n) is 5.31. The third-order valence-corrected chi connectivity index (χ3v) is 3.43. The van der Waals surface area contributed by atoms with Gasteiger partial charge in [0.25, 0.3) is 0 Å². The Morgan fingerprint density at radius 3 is 2.43 bits per heavy atom. The molecule has 0 fully saturated rings. The van der Waals surface area contributed by atoms with Gasteiger partial charge in [-0.3, -0.25) is 0 Å². The van der Waals surface area contributed by atoms with Crippen LogP contribution in [0.4, 0.5) is 5.69 Å². The van der Waals surface area contributed by atoms with Crippen molar-refractivity contribution in [3.63, 3.8) is 0 Å². The van der Waals surface area contributed by atoms with Crippen molar-refractivity contribution in [3.05, 3.63) is 102 Å². The third kappa shape index (κ3) is 5.08. The Bertz CT molecular complexity index is 715. The highest BCUT2D eigenvalue weighted by atomic mass is 15.1. The van der Waals surface area contributed by atoms with Crippen LogP contribution in [-0.2, 0) is 6.42 Å². The Balaban J connectivity index is 2.00. The summed E-state index contributed by atoms with van der Waals surface area (Å²) in [5.74, 6) is 0.636. The van der Waals surface area contributed by atoms with E-state index < -0.39 is 0 Å². The predicted molar refractivity (Wildman–Crippen MR) is 98.7 cm³/mol. The van der Waals surface area contributed by atoms with Crippen LogP contribution in [-0.4, -0.2) is 0 Å². The van der Waals surface area contributed by atoms with Crippen molar-refractivity contribution < 1.29 is 0 Å². The SMILES string of the molecule is C=C(NC(=C)/C(N)=C/C)Nc1cccc(Cc2ccccc2)c1. The Hall–Kier alpha value is -2.94. The summed E-state index contributed by atoms with van der Waals surface area (Å²) in [7, 11) is 0. The molecule has 2 aromatic carbocycles. The number of nitrogens with one attached hydrogen (secondary N) is 2. The topological polar surface area (TPSA) is 50.1 Å². The standard InChI is InChI=1S/C20H23N3/c1-4-20(21)15(2)22-16(3)23-19-12-8-11-18(14-19)13-17-9-6-5-7-10-17/h4-12,14,22-23H,2-3,13,21H2,1H3/b20-4-. The van der Waals surface area contributed by atoms with Gasteiger partial charge in [0.05, 0.1) is 11.4 Å². The summed E-state index contributed by atoms with van der Waals surface area (Å²) >= 11 is 0. The first-order chi connectivity index (χ1) is 11.1. The fourth-order valence-electron chi connectivity index (χ4n) is 2.22. The first-order valence-electron chi connectivity index (χ1n) is 7.55. The monoisotopic (exact) mass is 305 g/mol. The summed E-state index contributed by atoms with van der Waals surface area (Å²) in [6.07, 6.45) is 2.69. The van der Waals surface area contributed by atoms with Crippen LogP contribution in [0.15, 0.2) is 91.0 Å². The summed E-state index contributed by atoms with van der Waals surface area (Å²) in [5, 5.41) is 6.28. The number of anilines is 1. The average molecular weight is 305 g/mol. The van der Waals surface area contributed by atoms with E-state index in [0.717, 1.165) is 12.1 Å². The molecule has 3 heteroatoms. The Morgan fingerprint density at radius 1 is 1.04 bits per heavy atom. The molecule has 23 heavy (non-hydrogen) atoms. The van der Waals surface area contributed by atoms with Gasteiger partial charge in [0.1, 0.15) is 5.82 Å². The first-order valence-corrected chi connectivity index (χ1v) is 7.55. The molecule has 0 amide bonds. The lowest BCUT2D eigenvalue weighted by molar-refractivity contribution is 0.984. The molecule has 0 bridgehead atoms. The van der Waals surface area contributed by atoms with Crippen LogP contribution in [0, 0.1) is 0 Å². The van der Waals surface area contributed by atoms with Crippen LogP contribution in [0.3, 0.4) is 0 Å². The molecule has 2 rings (SSSR count). The van der Waals surface area contributed by atoms with Crippen LogP contribution in [0.1, 0.15) is 18.1 Å². The summed E-state index contributed by atoms with van der Waals surface area (Å²) in [6, 6.07) is 18.7. The van der Waals surface area contributed by atoms with Crippen LogP contribution in [0.2, 0.25) is 0 Å². The summed E-state index contributed by atoms with van der Waals surface area (Å²) < 4.78 is 0. The van der Waals surface area contributed by atoms with Gasteiger partial charge >= 0.3 is 0 Å². The van der Waals surface area contributed by atoms with E-state index >= 15 is 0 Å². The van der Waals surface area contributed by atoms with Gasteiger partial charge in [0.15, 0.2) is 0 Å². The van der Waals surface area contributed by atoms with E-state index in [1.807, 2.05) is 25.1 Å². The van der Waals surface area contributed by atoms with Gasteiger partial charge in [0.2, 0.25) is 0 Å². The minimum atomic E-state index is 0.603. The molecule has 0 atom stereocenters. The molecule has 0 heterocycles. The van der Waals surface area contributed by atoms with Crippen LogP contribution in [0.25, 0.3) is 0 Å². The number of allylic oxidation sites excluding steroid dienone is 1. The summed E-state index contributed by atoms with van der Waals surface area (Å²) in [5.41, 5.74) is 10.5. The van der Waals surface area contributed by atoms with Crippen molar-refractivity contribution in [1.82, 2.24) is 5.32 Å². The van der Waals surface area contributed by atoms with Crippen LogP contribution < -0.4 is 16.4 Å². The van der Waals surface area contributed by atoms with Crippen LogP contribution >= 0.6 is 0 Å². The molecular weight excluding hydrogens is 282 g/mol. The maximum absolute atomic E-state index is 5.80.